The zero-order valence-electron chi connectivity index (χ0n) is 15.0. The van der Waals surface area contributed by atoms with Crippen LogP contribution in [0.3, 0.4) is 0 Å². The average Bonchev–Trinajstić information content (AvgIpc) is 2.57. The lowest BCUT2D eigenvalue weighted by atomic mass is 10.1. The van der Waals surface area contributed by atoms with E-state index >= 15 is 0 Å². The van der Waals surface area contributed by atoms with E-state index in [2.05, 4.69) is 5.32 Å². The van der Waals surface area contributed by atoms with E-state index < -0.39 is 0 Å². The molecule has 0 bridgehead atoms. The monoisotopic (exact) mass is 337 g/mol. The summed E-state index contributed by atoms with van der Waals surface area (Å²) in [6.45, 7) is 5.61. The highest BCUT2D eigenvalue weighted by molar-refractivity contribution is 5.80. The van der Waals surface area contributed by atoms with Gasteiger partial charge in [-0.3, -0.25) is 9.59 Å². The highest BCUT2D eigenvalue weighted by atomic mass is 16.5. The normalized spacial score (nSPS) is 11.8. The van der Waals surface area contributed by atoms with Gasteiger partial charge >= 0.3 is 5.97 Å². The van der Waals surface area contributed by atoms with Crippen LogP contribution in [0.15, 0.2) is 18.2 Å². The van der Waals surface area contributed by atoms with Gasteiger partial charge in [-0.15, -0.1) is 0 Å². The zero-order valence-corrected chi connectivity index (χ0v) is 15.0. The minimum atomic E-state index is -0.356. The fourth-order valence-corrected chi connectivity index (χ4v) is 2.16. The first-order valence-corrected chi connectivity index (χ1v) is 8.04. The summed E-state index contributed by atoms with van der Waals surface area (Å²) in [4.78, 5) is 23.5. The Morgan fingerprint density at radius 2 is 1.83 bits per heavy atom. The highest BCUT2D eigenvalue weighted by Crippen LogP contribution is 2.29. The molecular weight excluding hydrogens is 310 g/mol. The summed E-state index contributed by atoms with van der Waals surface area (Å²) in [5.41, 5.74) is 0.788. The molecule has 24 heavy (non-hydrogen) atoms. The van der Waals surface area contributed by atoms with E-state index in [1.807, 2.05) is 20.8 Å². The van der Waals surface area contributed by atoms with Crippen molar-refractivity contribution in [1.82, 2.24) is 5.32 Å². The van der Waals surface area contributed by atoms with Crippen LogP contribution in [0.2, 0.25) is 0 Å². The van der Waals surface area contributed by atoms with Crippen molar-refractivity contribution in [2.75, 3.05) is 20.8 Å². The van der Waals surface area contributed by atoms with Gasteiger partial charge in [-0.2, -0.15) is 0 Å². The Morgan fingerprint density at radius 1 is 1.12 bits per heavy atom. The molecule has 0 aliphatic rings. The predicted octanol–water partition coefficient (Wildman–Crippen LogP) is 2.86. The quantitative estimate of drug-likeness (QED) is 0.701. The second kappa shape index (κ2) is 9.80. The number of esters is 1. The Labute approximate surface area is 143 Å². The first-order chi connectivity index (χ1) is 11.4. The lowest BCUT2D eigenvalue weighted by molar-refractivity contribution is -0.149. The Morgan fingerprint density at radius 3 is 2.42 bits per heavy atom. The number of carbonyl (C=O) groups is 2. The van der Waals surface area contributed by atoms with E-state index in [9.17, 15) is 9.59 Å². The molecule has 6 nitrogen and oxygen atoms in total. The average molecular weight is 337 g/mol. The van der Waals surface area contributed by atoms with E-state index in [-0.39, 0.29) is 24.5 Å². The Hall–Kier alpha value is -2.24. The van der Waals surface area contributed by atoms with Gasteiger partial charge in [0.05, 0.1) is 20.3 Å². The third kappa shape index (κ3) is 6.48. The topological polar surface area (TPSA) is 73.9 Å². The van der Waals surface area contributed by atoms with Crippen LogP contribution in [0.4, 0.5) is 0 Å². The third-order valence-corrected chi connectivity index (χ3v) is 3.57. The number of ether oxygens (including phenoxy) is 3. The van der Waals surface area contributed by atoms with Gasteiger partial charge in [0.2, 0.25) is 0 Å². The number of methoxy groups -OCH3 is 2. The van der Waals surface area contributed by atoms with Gasteiger partial charge in [0.1, 0.15) is 11.5 Å². The van der Waals surface area contributed by atoms with Crippen LogP contribution >= 0.6 is 0 Å². The summed E-state index contributed by atoms with van der Waals surface area (Å²) >= 11 is 0. The molecule has 0 fully saturated rings. The molecule has 0 aliphatic carbocycles. The van der Waals surface area contributed by atoms with E-state index in [4.69, 9.17) is 14.2 Å². The summed E-state index contributed by atoms with van der Waals surface area (Å²) in [7, 11) is 3.14. The smallest absolute Gasteiger partial charge is 0.306 e. The Bertz CT molecular complexity index is 556. The maximum atomic E-state index is 12.0. The standard InChI is InChI=1S/C18H27NO5/c1-12(2)6-9-18(21)24-11-17(20)19-13(3)15-10-14(22-4)7-8-16(15)23-5/h7-8,10,12-13H,6,9,11H2,1-5H3,(H,19,20). The molecule has 1 unspecified atom stereocenters. The fourth-order valence-electron chi connectivity index (χ4n) is 2.16. The Kier molecular flexibility index (Phi) is 8.09. The van der Waals surface area contributed by atoms with E-state index in [1.54, 1.807) is 32.4 Å². The number of amides is 1. The fraction of sp³-hybridized carbons (Fsp3) is 0.556. The maximum absolute atomic E-state index is 12.0. The SMILES string of the molecule is COc1ccc(OC)c(C(C)NC(=O)COC(=O)CCC(C)C)c1. The van der Waals surface area contributed by atoms with Crippen LogP contribution in [0, 0.1) is 5.92 Å². The largest absolute Gasteiger partial charge is 0.497 e. The second-order valence-corrected chi connectivity index (χ2v) is 5.99. The van der Waals surface area contributed by atoms with Gasteiger partial charge in [-0.25, -0.2) is 0 Å². The van der Waals surface area contributed by atoms with Crippen LogP contribution in [-0.2, 0) is 14.3 Å². The molecule has 1 aromatic carbocycles. The van der Waals surface area contributed by atoms with Crippen molar-refractivity contribution in [3.63, 3.8) is 0 Å². The predicted molar refractivity (Wildman–Crippen MR) is 91.1 cm³/mol. The molecule has 1 rings (SSSR count). The van der Waals surface area contributed by atoms with Gasteiger partial charge in [0, 0.05) is 12.0 Å². The zero-order chi connectivity index (χ0) is 18.1. The van der Waals surface area contributed by atoms with Gasteiger partial charge in [0.15, 0.2) is 6.61 Å². The maximum Gasteiger partial charge on any atom is 0.306 e. The highest BCUT2D eigenvalue weighted by Gasteiger charge is 2.16. The number of nitrogens with one attached hydrogen (secondary N) is 1. The van der Waals surface area contributed by atoms with Crippen molar-refractivity contribution in [3.05, 3.63) is 23.8 Å². The van der Waals surface area contributed by atoms with E-state index in [0.717, 1.165) is 12.0 Å². The molecule has 0 aliphatic heterocycles. The Balaban J connectivity index is 2.56. The summed E-state index contributed by atoms with van der Waals surface area (Å²) in [5.74, 6) is 1.03. The molecule has 1 aromatic rings. The van der Waals surface area contributed by atoms with Crippen LogP contribution in [0.1, 0.15) is 45.2 Å². The number of hydrogen-bond acceptors (Lipinski definition) is 5. The van der Waals surface area contributed by atoms with Crippen molar-refractivity contribution in [3.8, 4) is 11.5 Å². The van der Waals surface area contributed by atoms with Gasteiger partial charge in [0.25, 0.3) is 5.91 Å². The molecule has 6 heteroatoms. The number of rotatable bonds is 9. The van der Waals surface area contributed by atoms with Crippen molar-refractivity contribution in [2.45, 2.75) is 39.7 Å². The summed E-state index contributed by atoms with van der Waals surface area (Å²) in [6, 6.07) is 5.06. The van der Waals surface area contributed by atoms with Crippen molar-refractivity contribution < 1.29 is 23.8 Å². The summed E-state index contributed by atoms with van der Waals surface area (Å²) in [5, 5.41) is 2.79. The third-order valence-electron chi connectivity index (χ3n) is 3.57. The minimum Gasteiger partial charge on any atom is -0.497 e. The lowest BCUT2D eigenvalue weighted by Gasteiger charge is -2.18. The molecule has 0 heterocycles. The van der Waals surface area contributed by atoms with Gasteiger partial charge < -0.3 is 19.5 Å². The van der Waals surface area contributed by atoms with Crippen LogP contribution in [0.25, 0.3) is 0 Å². The van der Waals surface area contributed by atoms with Crippen molar-refractivity contribution >= 4 is 11.9 Å². The molecule has 1 atom stereocenters. The van der Waals surface area contributed by atoms with Crippen LogP contribution < -0.4 is 14.8 Å². The molecule has 0 saturated heterocycles. The molecule has 0 spiro atoms. The van der Waals surface area contributed by atoms with E-state index in [1.165, 1.54) is 0 Å². The molecule has 0 aromatic heterocycles. The molecule has 134 valence electrons. The molecule has 1 N–H and O–H groups in total. The summed E-state index contributed by atoms with van der Waals surface area (Å²) < 4.78 is 15.5. The number of benzene rings is 1. The minimum absolute atomic E-state index is 0.284. The van der Waals surface area contributed by atoms with Gasteiger partial charge in [-0.1, -0.05) is 13.8 Å². The molecule has 0 saturated carbocycles. The van der Waals surface area contributed by atoms with Crippen molar-refractivity contribution in [2.24, 2.45) is 5.92 Å². The molecular formula is C18H27NO5. The lowest BCUT2D eigenvalue weighted by Crippen LogP contribution is -2.31. The van der Waals surface area contributed by atoms with Crippen LogP contribution in [0.5, 0.6) is 11.5 Å². The molecule has 1 amide bonds. The van der Waals surface area contributed by atoms with Gasteiger partial charge in [-0.05, 0) is 37.5 Å². The first-order valence-electron chi connectivity index (χ1n) is 8.04. The number of carbonyl (C=O) groups excluding carboxylic acids is 2. The van der Waals surface area contributed by atoms with E-state index in [0.29, 0.717) is 23.8 Å². The second-order valence-electron chi connectivity index (χ2n) is 5.99. The summed E-state index contributed by atoms with van der Waals surface area (Å²) in [6.07, 6.45) is 1.07. The van der Waals surface area contributed by atoms with Crippen molar-refractivity contribution in [1.29, 1.82) is 0 Å². The van der Waals surface area contributed by atoms with Crippen LogP contribution in [-0.4, -0.2) is 32.7 Å². The number of hydrogen-bond donors (Lipinski definition) is 1. The first kappa shape index (κ1) is 19.8. The molecule has 0 radical (unpaired) electrons.